The smallest absolute Gasteiger partial charge is 0.270 e. The summed E-state index contributed by atoms with van der Waals surface area (Å²) in [6.45, 7) is 5.79. The number of likely N-dealkylation sites (N-methyl/N-ethyl adjacent to an activating group) is 1. The number of piperazine rings is 1. The molecule has 3 heterocycles. The maximum Gasteiger partial charge on any atom is 0.270 e. The second-order valence-electron chi connectivity index (χ2n) is 5.89. The Balaban J connectivity index is 1.82. The minimum atomic E-state index is -0.0560. The lowest BCUT2D eigenvalue weighted by molar-refractivity contribution is 0.0480. The van der Waals surface area contributed by atoms with Gasteiger partial charge in [0.05, 0.1) is 0 Å². The van der Waals surface area contributed by atoms with Crippen LogP contribution in [-0.4, -0.2) is 57.1 Å². The summed E-state index contributed by atoms with van der Waals surface area (Å²) in [5, 5.41) is 3.85. The molecule has 1 fully saturated rings. The van der Waals surface area contributed by atoms with E-state index in [1.54, 1.807) is 6.92 Å². The zero-order valence-corrected chi connectivity index (χ0v) is 13.4. The molecule has 0 saturated carbocycles. The first kappa shape index (κ1) is 14.8. The molecule has 1 amide bonds. The Morgan fingerprint density at radius 3 is 2.68 bits per heavy atom. The molecule has 7 nitrogen and oxygen atoms in total. The molecule has 0 aromatic carbocycles. The molecule has 7 heteroatoms. The summed E-state index contributed by atoms with van der Waals surface area (Å²) in [6.07, 6.45) is 1.91. The van der Waals surface area contributed by atoms with Crippen LogP contribution in [0.2, 0.25) is 0 Å². The highest BCUT2D eigenvalue weighted by molar-refractivity contribution is 5.94. The Morgan fingerprint density at radius 2 is 2.09 bits per heavy atom. The minimum Gasteiger partial charge on any atom is -0.346 e. The fourth-order valence-electron chi connectivity index (χ4n) is 2.90. The quantitative estimate of drug-likeness (QED) is 0.832. The highest BCUT2D eigenvalue weighted by Gasteiger charge is 2.33. The van der Waals surface area contributed by atoms with E-state index in [0.717, 1.165) is 17.8 Å². The lowest BCUT2D eigenvalue weighted by Gasteiger charge is -2.37. The zero-order valence-electron chi connectivity index (χ0n) is 13.4. The molecule has 3 rings (SSSR count). The Hall–Kier alpha value is -2.15. The summed E-state index contributed by atoms with van der Waals surface area (Å²) in [6, 6.07) is 1.90. The molecule has 0 unspecified atom stereocenters. The molecule has 22 heavy (non-hydrogen) atoms. The van der Waals surface area contributed by atoms with Gasteiger partial charge in [-0.15, -0.1) is 0 Å². The molecule has 1 aliphatic rings. The van der Waals surface area contributed by atoms with Crippen molar-refractivity contribution in [3.8, 4) is 0 Å². The molecule has 118 valence electrons. The Bertz CT molecular complexity index is 670. The number of hydrogen-bond donors (Lipinski definition) is 0. The van der Waals surface area contributed by atoms with Crippen molar-refractivity contribution >= 4 is 5.91 Å². The van der Waals surface area contributed by atoms with Gasteiger partial charge in [-0.1, -0.05) is 5.16 Å². The van der Waals surface area contributed by atoms with E-state index in [2.05, 4.69) is 15.0 Å². The summed E-state index contributed by atoms with van der Waals surface area (Å²) in [4.78, 5) is 21.1. The van der Waals surface area contributed by atoms with Crippen LogP contribution in [0.5, 0.6) is 0 Å². The lowest BCUT2D eigenvalue weighted by atomic mass is 10.1. The number of aryl methyl sites for hydroxylation is 3. The second-order valence-corrected chi connectivity index (χ2v) is 5.89. The fraction of sp³-hybridized carbons (Fsp3) is 0.533. The summed E-state index contributed by atoms with van der Waals surface area (Å²) in [5.41, 5.74) is 1.74. The van der Waals surface area contributed by atoms with Gasteiger partial charge in [0.25, 0.3) is 5.91 Å². The first-order chi connectivity index (χ1) is 10.5. The van der Waals surface area contributed by atoms with Crippen molar-refractivity contribution in [2.24, 2.45) is 7.05 Å². The SMILES string of the molecule is Cc1noc([C@H]2CN(C(=O)c3c(C)ccn3C)CCN2C)n1. The van der Waals surface area contributed by atoms with E-state index >= 15 is 0 Å². The van der Waals surface area contributed by atoms with Crippen molar-refractivity contribution < 1.29 is 9.32 Å². The maximum atomic E-state index is 12.8. The van der Waals surface area contributed by atoms with Gasteiger partial charge in [-0.2, -0.15) is 4.98 Å². The van der Waals surface area contributed by atoms with E-state index in [1.807, 2.05) is 42.7 Å². The number of hydrogen-bond acceptors (Lipinski definition) is 5. The van der Waals surface area contributed by atoms with E-state index in [-0.39, 0.29) is 11.9 Å². The van der Waals surface area contributed by atoms with Crippen LogP contribution >= 0.6 is 0 Å². The van der Waals surface area contributed by atoms with Crippen molar-refractivity contribution in [3.63, 3.8) is 0 Å². The fourth-order valence-corrected chi connectivity index (χ4v) is 2.90. The molecule has 0 radical (unpaired) electrons. The molecule has 1 saturated heterocycles. The highest BCUT2D eigenvalue weighted by Crippen LogP contribution is 2.24. The van der Waals surface area contributed by atoms with Crippen LogP contribution in [0, 0.1) is 13.8 Å². The number of nitrogens with zero attached hydrogens (tertiary/aromatic N) is 5. The summed E-state index contributed by atoms with van der Waals surface area (Å²) >= 11 is 0. The van der Waals surface area contributed by atoms with E-state index in [1.165, 1.54) is 0 Å². The topological polar surface area (TPSA) is 67.4 Å². The number of aromatic nitrogens is 3. The molecule has 1 atom stereocenters. The van der Waals surface area contributed by atoms with Crippen LogP contribution in [0.4, 0.5) is 0 Å². The third-order valence-electron chi connectivity index (χ3n) is 4.24. The van der Waals surface area contributed by atoms with Crippen LogP contribution < -0.4 is 0 Å². The maximum absolute atomic E-state index is 12.8. The van der Waals surface area contributed by atoms with Gasteiger partial charge in [0.2, 0.25) is 5.89 Å². The van der Waals surface area contributed by atoms with Crippen molar-refractivity contribution in [1.29, 1.82) is 0 Å². The average molecular weight is 303 g/mol. The average Bonchev–Trinajstić information content (AvgIpc) is 3.05. The largest absolute Gasteiger partial charge is 0.346 e. The van der Waals surface area contributed by atoms with E-state index in [4.69, 9.17) is 4.52 Å². The first-order valence-electron chi connectivity index (χ1n) is 7.39. The van der Waals surface area contributed by atoms with Crippen molar-refractivity contribution in [2.75, 3.05) is 26.7 Å². The standard InChI is InChI=1S/C15H21N5O2/c1-10-5-6-19(4)13(10)15(21)20-8-7-18(3)12(9-20)14-16-11(2)17-22-14/h5-6,12H,7-9H2,1-4H3/t12-/m1/s1. The number of amides is 1. The van der Waals surface area contributed by atoms with Gasteiger partial charge >= 0.3 is 0 Å². The molecule has 0 N–H and O–H groups in total. The van der Waals surface area contributed by atoms with Gasteiger partial charge in [-0.05, 0) is 32.5 Å². The Labute approximate surface area is 129 Å². The van der Waals surface area contributed by atoms with Crippen LogP contribution in [0.1, 0.15) is 33.8 Å². The summed E-state index contributed by atoms with van der Waals surface area (Å²) in [7, 11) is 3.91. The first-order valence-corrected chi connectivity index (χ1v) is 7.39. The molecule has 0 bridgehead atoms. The highest BCUT2D eigenvalue weighted by atomic mass is 16.5. The van der Waals surface area contributed by atoms with Gasteiger partial charge in [0, 0.05) is 32.9 Å². The lowest BCUT2D eigenvalue weighted by Crippen LogP contribution is -2.49. The third-order valence-corrected chi connectivity index (χ3v) is 4.24. The second kappa shape index (κ2) is 5.57. The molecule has 1 aliphatic heterocycles. The van der Waals surface area contributed by atoms with Crippen LogP contribution in [0.15, 0.2) is 16.8 Å². The monoisotopic (exact) mass is 303 g/mol. The Kier molecular flexibility index (Phi) is 3.74. The van der Waals surface area contributed by atoms with E-state index in [0.29, 0.717) is 24.8 Å². The van der Waals surface area contributed by atoms with Gasteiger partial charge < -0.3 is 14.0 Å². The van der Waals surface area contributed by atoms with Crippen molar-refractivity contribution in [2.45, 2.75) is 19.9 Å². The van der Waals surface area contributed by atoms with Crippen LogP contribution in [0.3, 0.4) is 0 Å². The Morgan fingerprint density at radius 1 is 1.32 bits per heavy atom. The van der Waals surface area contributed by atoms with Crippen LogP contribution in [0.25, 0.3) is 0 Å². The molecule has 0 aliphatic carbocycles. The number of carbonyl (C=O) groups excluding carboxylic acids is 1. The van der Waals surface area contributed by atoms with Gasteiger partial charge in [0.15, 0.2) is 5.82 Å². The minimum absolute atomic E-state index is 0.0549. The molecular formula is C15H21N5O2. The van der Waals surface area contributed by atoms with Gasteiger partial charge in [-0.3, -0.25) is 9.69 Å². The number of rotatable bonds is 2. The molecule has 2 aromatic heterocycles. The predicted molar refractivity (Wildman–Crippen MR) is 80.5 cm³/mol. The van der Waals surface area contributed by atoms with Crippen molar-refractivity contribution in [3.05, 3.63) is 35.2 Å². The van der Waals surface area contributed by atoms with Crippen molar-refractivity contribution in [1.82, 2.24) is 24.5 Å². The predicted octanol–water partition coefficient (Wildman–Crippen LogP) is 1.15. The summed E-state index contributed by atoms with van der Waals surface area (Å²) in [5.74, 6) is 1.24. The molecular weight excluding hydrogens is 282 g/mol. The van der Waals surface area contributed by atoms with Crippen LogP contribution in [-0.2, 0) is 7.05 Å². The third kappa shape index (κ3) is 2.52. The van der Waals surface area contributed by atoms with E-state index < -0.39 is 0 Å². The van der Waals surface area contributed by atoms with Gasteiger partial charge in [0.1, 0.15) is 11.7 Å². The van der Waals surface area contributed by atoms with Gasteiger partial charge in [-0.25, -0.2) is 0 Å². The summed E-state index contributed by atoms with van der Waals surface area (Å²) < 4.78 is 7.17. The number of carbonyl (C=O) groups is 1. The van der Waals surface area contributed by atoms with E-state index in [9.17, 15) is 4.79 Å². The molecule has 0 spiro atoms. The zero-order chi connectivity index (χ0) is 15.9. The molecule has 2 aromatic rings. The normalized spacial score (nSPS) is 19.6.